The Balaban J connectivity index is 1.73. The minimum Gasteiger partial charge on any atom is -0.350 e. The standard InChI is InChI=1S/C19H16N4O3/c1-2-11-7-8-14-12(9-11)10-16(20-14)17(24)22-23-18(25)13-5-3-4-6-15(13)21-19(23)26/h3-10,20H,2H2,1H3,(H,21,26)(H,22,24). The Morgan fingerprint density at radius 2 is 1.85 bits per heavy atom. The van der Waals surface area contributed by atoms with E-state index in [1.54, 1.807) is 30.3 Å². The molecule has 0 radical (unpaired) electrons. The molecule has 0 atom stereocenters. The van der Waals surface area contributed by atoms with Crippen LogP contribution in [0.2, 0.25) is 0 Å². The van der Waals surface area contributed by atoms with Crippen molar-refractivity contribution in [1.82, 2.24) is 14.6 Å². The summed E-state index contributed by atoms with van der Waals surface area (Å²) in [5, 5.41) is 1.21. The lowest BCUT2D eigenvalue weighted by molar-refractivity contribution is 0.100. The number of aromatic amines is 2. The molecule has 2 aromatic carbocycles. The predicted octanol–water partition coefficient (Wildman–Crippen LogP) is 2.12. The Kier molecular flexibility index (Phi) is 3.69. The van der Waals surface area contributed by atoms with E-state index < -0.39 is 17.2 Å². The molecule has 7 nitrogen and oxygen atoms in total. The molecule has 0 saturated heterocycles. The van der Waals surface area contributed by atoms with Gasteiger partial charge >= 0.3 is 5.69 Å². The van der Waals surface area contributed by atoms with E-state index in [2.05, 4.69) is 22.3 Å². The Morgan fingerprint density at radius 3 is 2.65 bits per heavy atom. The summed E-state index contributed by atoms with van der Waals surface area (Å²) < 4.78 is 0.688. The van der Waals surface area contributed by atoms with Crippen molar-refractivity contribution in [2.24, 2.45) is 0 Å². The van der Waals surface area contributed by atoms with Crippen molar-refractivity contribution in [3.05, 3.63) is 80.6 Å². The van der Waals surface area contributed by atoms with Gasteiger partial charge in [0.2, 0.25) is 0 Å². The Morgan fingerprint density at radius 1 is 1.04 bits per heavy atom. The van der Waals surface area contributed by atoms with Crippen molar-refractivity contribution in [3.8, 4) is 0 Å². The first-order chi connectivity index (χ1) is 12.6. The first-order valence-electron chi connectivity index (χ1n) is 8.24. The minimum atomic E-state index is -0.702. The third kappa shape index (κ3) is 2.59. The average Bonchev–Trinajstić information content (AvgIpc) is 3.08. The summed E-state index contributed by atoms with van der Waals surface area (Å²) in [7, 11) is 0. The number of amides is 1. The van der Waals surface area contributed by atoms with Crippen LogP contribution in [-0.4, -0.2) is 20.6 Å². The molecular weight excluding hydrogens is 332 g/mol. The van der Waals surface area contributed by atoms with Crippen molar-refractivity contribution in [3.63, 3.8) is 0 Å². The lowest BCUT2D eigenvalue weighted by Gasteiger charge is -2.07. The van der Waals surface area contributed by atoms with Gasteiger partial charge in [-0.2, -0.15) is 4.68 Å². The van der Waals surface area contributed by atoms with E-state index in [4.69, 9.17) is 0 Å². The number of rotatable bonds is 3. The second-order valence-corrected chi connectivity index (χ2v) is 6.02. The van der Waals surface area contributed by atoms with E-state index in [1.165, 1.54) is 0 Å². The number of hydrogen-bond donors (Lipinski definition) is 3. The first-order valence-corrected chi connectivity index (χ1v) is 8.24. The summed E-state index contributed by atoms with van der Waals surface area (Å²) in [4.78, 5) is 42.8. The van der Waals surface area contributed by atoms with Gasteiger partial charge in [0.1, 0.15) is 5.69 Å². The van der Waals surface area contributed by atoms with Crippen LogP contribution in [0.15, 0.2) is 58.1 Å². The van der Waals surface area contributed by atoms with Crippen molar-refractivity contribution in [2.75, 3.05) is 5.43 Å². The zero-order valence-corrected chi connectivity index (χ0v) is 14.0. The maximum Gasteiger partial charge on any atom is 0.348 e. The van der Waals surface area contributed by atoms with Crippen LogP contribution in [0.3, 0.4) is 0 Å². The van der Waals surface area contributed by atoms with Crippen LogP contribution in [0.5, 0.6) is 0 Å². The van der Waals surface area contributed by atoms with Gasteiger partial charge in [-0.05, 0) is 42.3 Å². The van der Waals surface area contributed by atoms with E-state index in [0.717, 1.165) is 22.9 Å². The molecule has 2 heterocycles. The highest BCUT2D eigenvalue weighted by Gasteiger charge is 2.14. The van der Waals surface area contributed by atoms with E-state index in [9.17, 15) is 14.4 Å². The molecule has 4 aromatic rings. The Labute approximate surface area is 147 Å². The average molecular weight is 348 g/mol. The number of aromatic nitrogens is 3. The first kappa shape index (κ1) is 15.9. The summed E-state index contributed by atoms with van der Waals surface area (Å²) in [6, 6.07) is 14.2. The highest BCUT2D eigenvalue weighted by atomic mass is 16.2. The molecule has 0 saturated carbocycles. The molecule has 0 fully saturated rings. The fourth-order valence-electron chi connectivity index (χ4n) is 2.95. The number of para-hydroxylation sites is 1. The van der Waals surface area contributed by atoms with Crippen LogP contribution in [0.4, 0.5) is 0 Å². The molecule has 0 spiro atoms. The van der Waals surface area contributed by atoms with Crippen LogP contribution < -0.4 is 16.7 Å². The molecule has 4 rings (SSSR count). The van der Waals surface area contributed by atoms with Gasteiger partial charge in [-0.3, -0.25) is 15.0 Å². The summed E-state index contributed by atoms with van der Waals surface area (Å²) >= 11 is 0. The van der Waals surface area contributed by atoms with Gasteiger partial charge in [-0.25, -0.2) is 4.79 Å². The highest BCUT2D eigenvalue weighted by molar-refractivity contribution is 6.02. The lowest BCUT2D eigenvalue weighted by Crippen LogP contribution is -2.43. The fourth-order valence-corrected chi connectivity index (χ4v) is 2.95. The van der Waals surface area contributed by atoms with Gasteiger partial charge in [0.05, 0.1) is 10.9 Å². The summed E-state index contributed by atoms with van der Waals surface area (Å²) in [5.74, 6) is -0.567. The van der Waals surface area contributed by atoms with Crippen molar-refractivity contribution >= 4 is 27.7 Å². The molecule has 130 valence electrons. The van der Waals surface area contributed by atoms with Gasteiger partial charge in [0, 0.05) is 10.9 Å². The number of aryl methyl sites for hydroxylation is 1. The number of benzene rings is 2. The van der Waals surface area contributed by atoms with Crippen LogP contribution in [0.1, 0.15) is 23.0 Å². The maximum absolute atomic E-state index is 12.5. The number of nitrogens with one attached hydrogen (secondary N) is 3. The van der Waals surface area contributed by atoms with E-state index in [0.29, 0.717) is 15.6 Å². The van der Waals surface area contributed by atoms with Crippen molar-refractivity contribution < 1.29 is 4.79 Å². The number of hydrogen-bond acceptors (Lipinski definition) is 3. The largest absolute Gasteiger partial charge is 0.350 e. The monoisotopic (exact) mass is 348 g/mol. The van der Waals surface area contributed by atoms with Gasteiger partial charge in [-0.1, -0.05) is 25.1 Å². The number of carbonyl (C=O) groups excluding carboxylic acids is 1. The Bertz CT molecular complexity index is 1260. The zero-order valence-electron chi connectivity index (χ0n) is 14.0. The number of fused-ring (bicyclic) bond motifs is 2. The van der Waals surface area contributed by atoms with Gasteiger partial charge < -0.3 is 9.97 Å². The van der Waals surface area contributed by atoms with E-state index >= 15 is 0 Å². The number of H-pyrrole nitrogens is 2. The van der Waals surface area contributed by atoms with Crippen molar-refractivity contribution in [1.29, 1.82) is 0 Å². The van der Waals surface area contributed by atoms with Crippen molar-refractivity contribution in [2.45, 2.75) is 13.3 Å². The fraction of sp³-hybridized carbons (Fsp3) is 0.105. The summed E-state index contributed by atoms with van der Waals surface area (Å²) in [6.45, 7) is 2.06. The summed E-state index contributed by atoms with van der Waals surface area (Å²) in [5.41, 5.74) is 3.75. The molecule has 0 aliphatic rings. The molecule has 0 aliphatic heterocycles. The molecule has 26 heavy (non-hydrogen) atoms. The molecule has 7 heteroatoms. The molecule has 1 amide bonds. The van der Waals surface area contributed by atoms with E-state index in [-0.39, 0.29) is 5.69 Å². The molecule has 0 bridgehead atoms. The summed E-state index contributed by atoms with van der Waals surface area (Å²) in [6.07, 6.45) is 0.893. The molecule has 0 unspecified atom stereocenters. The van der Waals surface area contributed by atoms with Crippen LogP contribution in [0.25, 0.3) is 21.8 Å². The van der Waals surface area contributed by atoms with Gasteiger partial charge in [0.25, 0.3) is 11.5 Å². The SMILES string of the molecule is CCc1ccc2[nH]c(C(=O)Nn3c(=O)[nH]c4ccccc4c3=O)cc2c1. The smallest absolute Gasteiger partial charge is 0.348 e. The molecule has 2 aromatic heterocycles. The zero-order chi connectivity index (χ0) is 18.3. The highest BCUT2D eigenvalue weighted by Crippen LogP contribution is 2.17. The second-order valence-electron chi connectivity index (χ2n) is 6.02. The third-order valence-electron chi connectivity index (χ3n) is 4.36. The topological polar surface area (TPSA) is 99.8 Å². The number of carbonyl (C=O) groups is 1. The predicted molar refractivity (Wildman–Crippen MR) is 100 cm³/mol. The number of nitrogens with zero attached hydrogens (tertiary/aromatic N) is 1. The molecule has 3 N–H and O–H groups in total. The Hall–Kier alpha value is -3.61. The maximum atomic E-state index is 12.5. The lowest BCUT2D eigenvalue weighted by atomic mass is 10.1. The minimum absolute atomic E-state index is 0.271. The molecule has 0 aliphatic carbocycles. The third-order valence-corrected chi connectivity index (χ3v) is 4.36. The van der Waals surface area contributed by atoms with Gasteiger partial charge in [0.15, 0.2) is 0 Å². The van der Waals surface area contributed by atoms with Crippen LogP contribution in [-0.2, 0) is 6.42 Å². The molecular formula is C19H16N4O3. The normalized spacial score (nSPS) is 11.1. The quantitative estimate of drug-likeness (QED) is 0.529. The van der Waals surface area contributed by atoms with E-state index in [1.807, 2.05) is 18.2 Å². The van der Waals surface area contributed by atoms with Gasteiger partial charge in [-0.15, -0.1) is 0 Å². The van der Waals surface area contributed by atoms with Crippen LogP contribution >= 0.6 is 0 Å². The van der Waals surface area contributed by atoms with Crippen LogP contribution in [0, 0.1) is 0 Å². The second kappa shape index (κ2) is 6.03.